The second-order valence-electron chi connectivity index (χ2n) is 4.09. The van der Waals surface area contributed by atoms with E-state index in [1.165, 1.54) is 18.2 Å². The Bertz CT molecular complexity index is 351. The van der Waals surface area contributed by atoms with Crippen molar-refractivity contribution in [2.45, 2.75) is 24.9 Å². The van der Waals surface area contributed by atoms with Crippen LogP contribution in [0.5, 0.6) is 0 Å². The van der Waals surface area contributed by atoms with Gasteiger partial charge in [0, 0.05) is 19.6 Å². The first-order valence-electron chi connectivity index (χ1n) is 5.38. The smallest absolute Gasteiger partial charge is 0.132 e. The van der Waals surface area contributed by atoms with Crippen LogP contribution in [0.15, 0.2) is 18.2 Å². The van der Waals surface area contributed by atoms with E-state index in [-0.39, 0.29) is 12.0 Å². The fourth-order valence-electron chi connectivity index (χ4n) is 2.13. The molecule has 4 heteroatoms. The first-order chi connectivity index (χ1) is 7.63. The second kappa shape index (κ2) is 4.47. The third-order valence-corrected chi connectivity index (χ3v) is 2.97. The number of ether oxygens (including phenoxy) is 1. The summed E-state index contributed by atoms with van der Waals surface area (Å²) in [5.74, 6) is -1.38. The van der Waals surface area contributed by atoms with Gasteiger partial charge in [0.05, 0.1) is 11.2 Å². The second-order valence-corrected chi connectivity index (χ2v) is 4.09. The molecule has 1 unspecified atom stereocenters. The molecular weight excluding hydrogens is 214 g/mol. The zero-order valence-corrected chi connectivity index (χ0v) is 8.88. The van der Waals surface area contributed by atoms with Crippen molar-refractivity contribution < 1.29 is 18.6 Å². The minimum absolute atomic E-state index is 0.222. The molecule has 1 fully saturated rings. The summed E-state index contributed by atoms with van der Waals surface area (Å²) in [6, 6.07) is 3.63. The van der Waals surface area contributed by atoms with Crippen LogP contribution in [0.25, 0.3) is 0 Å². The van der Waals surface area contributed by atoms with E-state index >= 15 is 0 Å². The third kappa shape index (κ3) is 2.08. The summed E-state index contributed by atoms with van der Waals surface area (Å²) in [5.41, 5.74) is -1.66. The lowest BCUT2D eigenvalue weighted by molar-refractivity contribution is 0.00794. The quantitative estimate of drug-likeness (QED) is 0.799. The van der Waals surface area contributed by atoms with Gasteiger partial charge in [0.15, 0.2) is 0 Å². The van der Waals surface area contributed by atoms with Crippen molar-refractivity contribution in [2.75, 3.05) is 13.2 Å². The van der Waals surface area contributed by atoms with Crippen molar-refractivity contribution in [3.63, 3.8) is 0 Å². The summed E-state index contributed by atoms with van der Waals surface area (Å²) in [6.07, 6.45) is 1.15. The number of hydrogen-bond donors (Lipinski definition) is 1. The third-order valence-electron chi connectivity index (χ3n) is 2.97. The lowest BCUT2D eigenvalue weighted by Crippen LogP contribution is -2.28. The van der Waals surface area contributed by atoms with Gasteiger partial charge in [-0.25, -0.2) is 8.78 Å². The van der Waals surface area contributed by atoms with Crippen LogP contribution in [-0.2, 0) is 10.3 Å². The highest BCUT2D eigenvalue weighted by atomic mass is 19.1. The Balaban J connectivity index is 2.40. The first-order valence-corrected chi connectivity index (χ1v) is 5.38. The Labute approximate surface area is 92.9 Å². The highest BCUT2D eigenvalue weighted by Gasteiger charge is 2.35. The predicted octanol–water partition coefficient (Wildman–Crippen LogP) is 2.35. The lowest BCUT2D eigenvalue weighted by Gasteiger charge is -2.27. The fourth-order valence-corrected chi connectivity index (χ4v) is 2.13. The highest BCUT2D eigenvalue weighted by molar-refractivity contribution is 5.26. The average molecular weight is 228 g/mol. The van der Waals surface area contributed by atoms with Crippen LogP contribution in [0.1, 0.15) is 24.8 Å². The number of benzene rings is 1. The summed E-state index contributed by atoms with van der Waals surface area (Å²) in [4.78, 5) is 0. The molecule has 0 saturated carbocycles. The molecule has 2 nitrogen and oxygen atoms in total. The zero-order chi connectivity index (χ0) is 11.6. The summed E-state index contributed by atoms with van der Waals surface area (Å²) in [5, 5.41) is 10.3. The maximum Gasteiger partial charge on any atom is 0.132 e. The van der Waals surface area contributed by atoms with E-state index in [1.54, 1.807) is 0 Å². The maximum absolute atomic E-state index is 13.6. The van der Waals surface area contributed by atoms with Crippen LogP contribution in [0.3, 0.4) is 0 Å². The predicted molar refractivity (Wildman–Crippen MR) is 54.9 cm³/mol. The molecule has 88 valence electrons. The molecule has 0 amide bonds. The zero-order valence-electron chi connectivity index (χ0n) is 8.88. The normalized spacial score (nSPS) is 26.4. The van der Waals surface area contributed by atoms with Crippen LogP contribution in [-0.4, -0.2) is 18.3 Å². The summed E-state index contributed by atoms with van der Waals surface area (Å²) >= 11 is 0. The Morgan fingerprint density at radius 2 is 1.81 bits per heavy atom. The molecule has 2 rings (SSSR count). The molecule has 0 aromatic heterocycles. The largest absolute Gasteiger partial charge is 0.385 e. The minimum atomic E-state index is -1.44. The van der Waals surface area contributed by atoms with Gasteiger partial charge in [-0.15, -0.1) is 0 Å². The molecule has 1 heterocycles. The summed E-state index contributed by atoms with van der Waals surface area (Å²) in [6.45, 7) is 0.850. The van der Waals surface area contributed by atoms with E-state index in [4.69, 9.17) is 4.74 Å². The summed E-state index contributed by atoms with van der Waals surface area (Å²) in [7, 11) is 0. The van der Waals surface area contributed by atoms with Crippen LogP contribution in [0.4, 0.5) is 8.78 Å². The van der Waals surface area contributed by atoms with E-state index in [0.29, 0.717) is 26.1 Å². The van der Waals surface area contributed by atoms with Gasteiger partial charge in [-0.2, -0.15) is 0 Å². The van der Waals surface area contributed by atoms with E-state index in [9.17, 15) is 13.9 Å². The van der Waals surface area contributed by atoms with Gasteiger partial charge in [-0.1, -0.05) is 6.07 Å². The Morgan fingerprint density at radius 3 is 2.50 bits per heavy atom. The van der Waals surface area contributed by atoms with E-state index in [1.807, 2.05) is 0 Å². The van der Waals surface area contributed by atoms with Gasteiger partial charge >= 0.3 is 0 Å². The van der Waals surface area contributed by atoms with Crippen LogP contribution < -0.4 is 0 Å². The van der Waals surface area contributed by atoms with Gasteiger partial charge in [0.1, 0.15) is 11.6 Å². The summed E-state index contributed by atoms with van der Waals surface area (Å²) < 4.78 is 32.3. The maximum atomic E-state index is 13.6. The molecule has 0 bridgehead atoms. The topological polar surface area (TPSA) is 29.5 Å². The van der Waals surface area contributed by atoms with Crippen LogP contribution in [0, 0.1) is 11.6 Å². The molecular formula is C12H14F2O2. The van der Waals surface area contributed by atoms with Crippen LogP contribution >= 0.6 is 0 Å². The Kier molecular flexibility index (Phi) is 3.21. The Morgan fingerprint density at radius 1 is 1.12 bits per heavy atom. The van der Waals surface area contributed by atoms with Crippen molar-refractivity contribution in [3.8, 4) is 0 Å². The molecule has 16 heavy (non-hydrogen) atoms. The fraction of sp³-hybridized carbons (Fsp3) is 0.500. The average Bonchev–Trinajstić information content (AvgIpc) is 2.43. The highest BCUT2D eigenvalue weighted by Crippen LogP contribution is 2.35. The SMILES string of the molecule is OC1(c2c(F)cccc2F)CCCOCC1. The number of hydrogen-bond acceptors (Lipinski definition) is 2. The monoisotopic (exact) mass is 228 g/mol. The van der Waals surface area contributed by atoms with E-state index in [0.717, 1.165) is 0 Å². The van der Waals surface area contributed by atoms with E-state index in [2.05, 4.69) is 0 Å². The van der Waals surface area contributed by atoms with E-state index < -0.39 is 17.2 Å². The molecule has 1 saturated heterocycles. The number of aliphatic hydroxyl groups is 1. The van der Waals surface area contributed by atoms with Crippen LogP contribution in [0.2, 0.25) is 0 Å². The molecule has 1 atom stereocenters. The van der Waals surface area contributed by atoms with Crippen molar-refractivity contribution >= 4 is 0 Å². The van der Waals surface area contributed by atoms with Crippen molar-refractivity contribution in [1.29, 1.82) is 0 Å². The molecule has 0 aliphatic carbocycles. The molecule has 0 spiro atoms. The van der Waals surface area contributed by atoms with Gasteiger partial charge in [0.2, 0.25) is 0 Å². The lowest BCUT2D eigenvalue weighted by atomic mass is 9.86. The molecule has 1 aromatic rings. The first kappa shape index (κ1) is 11.5. The molecule has 1 aliphatic rings. The van der Waals surface area contributed by atoms with Gasteiger partial charge in [-0.3, -0.25) is 0 Å². The molecule has 1 aliphatic heterocycles. The van der Waals surface area contributed by atoms with Gasteiger partial charge < -0.3 is 9.84 Å². The minimum Gasteiger partial charge on any atom is -0.385 e. The van der Waals surface area contributed by atoms with Crippen molar-refractivity contribution in [1.82, 2.24) is 0 Å². The molecule has 1 N–H and O–H groups in total. The van der Waals surface area contributed by atoms with Gasteiger partial charge in [0.25, 0.3) is 0 Å². The van der Waals surface area contributed by atoms with Crippen molar-refractivity contribution in [3.05, 3.63) is 35.4 Å². The number of rotatable bonds is 1. The number of halogens is 2. The molecule has 0 radical (unpaired) electrons. The standard InChI is InChI=1S/C12H14F2O2/c13-9-3-1-4-10(14)11(9)12(15)5-2-7-16-8-6-12/h1,3-4,15H,2,5-8H2. The van der Waals surface area contributed by atoms with Gasteiger partial charge in [-0.05, 0) is 25.0 Å². The molecule has 1 aromatic carbocycles. The van der Waals surface area contributed by atoms with Crippen molar-refractivity contribution in [2.24, 2.45) is 0 Å². The Hall–Kier alpha value is -1.00.